The number of hydrogen-bond acceptors (Lipinski definition) is 4. The minimum absolute atomic E-state index is 0.0248. The van der Waals surface area contributed by atoms with Crippen LogP contribution in [0.25, 0.3) is 0 Å². The molecule has 5 nitrogen and oxygen atoms in total. The summed E-state index contributed by atoms with van der Waals surface area (Å²) in [5.41, 5.74) is 1.77. The zero-order chi connectivity index (χ0) is 15.7. The Balaban J connectivity index is 2.37. The second-order valence-electron chi connectivity index (χ2n) is 5.91. The summed E-state index contributed by atoms with van der Waals surface area (Å²) in [7, 11) is -3.68. The zero-order valence-electron chi connectivity index (χ0n) is 12.6. The maximum absolute atomic E-state index is 12.4. The number of nitrogens with one attached hydrogen (secondary N) is 1. The summed E-state index contributed by atoms with van der Waals surface area (Å²) >= 11 is 0. The molecule has 2 rings (SSSR count). The summed E-state index contributed by atoms with van der Waals surface area (Å²) in [6.07, 6.45) is 2.97. The Morgan fingerprint density at radius 1 is 1.10 bits per heavy atom. The summed E-state index contributed by atoms with van der Waals surface area (Å²) < 4.78 is 27.2. The van der Waals surface area contributed by atoms with Crippen molar-refractivity contribution in [2.75, 3.05) is 4.72 Å². The monoisotopic (exact) mass is 305 g/mol. The van der Waals surface area contributed by atoms with Gasteiger partial charge in [-0.25, -0.2) is 23.1 Å². The van der Waals surface area contributed by atoms with Gasteiger partial charge in [0, 0.05) is 12.4 Å². The molecule has 0 unspecified atom stereocenters. The van der Waals surface area contributed by atoms with Gasteiger partial charge >= 0.3 is 0 Å². The smallest absolute Gasteiger partial charge is 0.247 e. The van der Waals surface area contributed by atoms with Gasteiger partial charge in [-0.05, 0) is 35.6 Å². The van der Waals surface area contributed by atoms with Crippen molar-refractivity contribution in [2.24, 2.45) is 0 Å². The molecule has 0 spiro atoms. The van der Waals surface area contributed by atoms with E-state index < -0.39 is 10.0 Å². The van der Waals surface area contributed by atoms with Crippen LogP contribution in [0.2, 0.25) is 0 Å². The fraction of sp³-hybridized carbons (Fsp3) is 0.333. The lowest BCUT2D eigenvalue weighted by atomic mass is 9.86. The first-order valence-corrected chi connectivity index (χ1v) is 8.09. The van der Waals surface area contributed by atoms with E-state index in [1.165, 1.54) is 12.4 Å². The Bertz CT molecular complexity index is 735. The topological polar surface area (TPSA) is 72.0 Å². The van der Waals surface area contributed by atoms with Gasteiger partial charge in [-0.15, -0.1) is 0 Å². The van der Waals surface area contributed by atoms with E-state index in [1.807, 2.05) is 12.1 Å². The first-order valence-electron chi connectivity index (χ1n) is 6.61. The molecular formula is C15H19N3O2S. The Morgan fingerprint density at radius 2 is 1.71 bits per heavy atom. The Morgan fingerprint density at radius 3 is 2.24 bits per heavy atom. The fourth-order valence-corrected chi connectivity index (χ4v) is 3.13. The van der Waals surface area contributed by atoms with Gasteiger partial charge in [-0.3, -0.25) is 0 Å². The number of rotatable bonds is 3. The summed E-state index contributed by atoms with van der Waals surface area (Å²) in [5, 5.41) is 0. The van der Waals surface area contributed by atoms with Gasteiger partial charge in [0.05, 0.1) is 4.90 Å². The highest BCUT2D eigenvalue weighted by molar-refractivity contribution is 7.92. The van der Waals surface area contributed by atoms with Crippen molar-refractivity contribution < 1.29 is 8.42 Å². The quantitative estimate of drug-likeness (QED) is 0.946. The van der Waals surface area contributed by atoms with Crippen LogP contribution in [-0.2, 0) is 15.4 Å². The molecule has 2 aromatic rings. The fourth-order valence-electron chi connectivity index (χ4n) is 1.94. The van der Waals surface area contributed by atoms with Gasteiger partial charge in [-0.2, -0.15) is 0 Å². The average Bonchev–Trinajstić information content (AvgIpc) is 2.37. The van der Waals surface area contributed by atoms with E-state index in [2.05, 4.69) is 35.5 Å². The molecule has 1 heterocycles. The molecule has 6 heteroatoms. The molecule has 1 aromatic heterocycles. The number of benzene rings is 1. The van der Waals surface area contributed by atoms with Crippen LogP contribution in [0.1, 0.15) is 31.9 Å². The van der Waals surface area contributed by atoms with Gasteiger partial charge in [0.25, 0.3) is 10.0 Å². The lowest BCUT2D eigenvalue weighted by Gasteiger charge is -2.20. The molecule has 1 N–H and O–H groups in total. The number of aryl methyl sites for hydroxylation is 1. The number of hydrogen-bond donors (Lipinski definition) is 1. The zero-order valence-corrected chi connectivity index (χ0v) is 13.4. The van der Waals surface area contributed by atoms with E-state index in [1.54, 1.807) is 19.1 Å². The third-order valence-corrected chi connectivity index (χ3v) is 4.61. The lowest BCUT2D eigenvalue weighted by molar-refractivity contribution is 0.586. The van der Waals surface area contributed by atoms with Crippen molar-refractivity contribution in [1.82, 2.24) is 9.97 Å². The summed E-state index contributed by atoms with van der Waals surface area (Å²) in [6.45, 7) is 8.06. The van der Waals surface area contributed by atoms with Crippen LogP contribution in [-0.4, -0.2) is 18.4 Å². The van der Waals surface area contributed by atoms with Crippen molar-refractivity contribution in [3.63, 3.8) is 0 Å². The Kier molecular flexibility index (Phi) is 4.00. The molecule has 21 heavy (non-hydrogen) atoms. The van der Waals surface area contributed by atoms with Gasteiger partial charge in [0.1, 0.15) is 0 Å². The van der Waals surface area contributed by atoms with Crippen molar-refractivity contribution in [3.8, 4) is 0 Å². The minimum atomic E-state index is -3.68. The maximum atomic E-state index is 12.4. The minimum Gasteiger partial charge on any atom is -0.247 e. The summed E-state index contributed by atoms with van der Waals surface area (Å²) in [4.78, 5) is 7.99. The van der Waals surface area contributed by atoms with E-state index >= 15 is 0 Å². The van der Waals surface area contributed by atoms with Crippen LogP contribution in [0.5, 0.6) is 0 Å². The van der Waals surface area contributed by atoms with Crippen molar-refractivity contribution in [1.29, 1.82) is 0 Å². The lowest BCUT2D eigenvalue weighted by Crippen LogP contribution is -2.17. The number of sulfonamides is 1. The molecule has 112 valence electrons. The molecule has 0 saturated heterocycles. The highest BCUT2D eigenvalue weighted by Gasteiger charge is 2.21. The number of anilines is 1. The van der Waals surface area contributed by atoms with E-state index in [4.69, 9.17) is 0 Å². The van der Waals surface area contributed by atoms with Crippen molar-refractivity contribution in [3.05, 3.63) is 47.8 Å². The van der Waals surface area contributed by atoms with Crippen LogP contribution >= 0.6 is 0 Å². The molecule has 0 aliphatic rings. The first kappa shape index (κ1) is 15.4. The van der Waals surface area contributed by atoms with E-state index in [0.29, 0.717) is 5.56 Å². The second kappa shape index (κ2) is 5.44. The molecule has 0 atom stereocenters. The van der Waals surface area contributed by atoms with Gasteiger partial charge in [0.15, 0.2) is 0 Å². The summed E-state index contributed by atoms with van der Waals surface area (Å²) in [5.74, 6) is 0.0665. The third-order valence-electron chi connectivity index (χ3n) is 3.12. The molecule has 0 aliphatic carbocycles. The summed E-state index contributed by atoms with van der Waals surface area (Å²) in [6, 6.07) is 7.00. The standard InChI is InChI=1S/C15H19N3O2S/c1-11-10-12(15(2,3)4)6-7-13(11)21(19,20)18-14-16-8-5-9-17-14/h5-10H,1-4H3,(H,16,17,18). The second-order valence-corrected chi connectivity index (χ2v) is 7.56. The predicted octanol–water partition coefficient (Wildman–Crippen LogP) is 2.88. The molecule has 0 aliphatic heterocycles. The molecule has 0 fully saturated rings. The van der Waals surface area contributed by atoms with E-state index in [9.17, 15) is 8.42 Å². The molecule has 0 amide bonds. The van der Waals surface area contributed by atoms with Crippen LogP contribution in [0, 0.1) is 6.92 Å². The molecule has 0 saturated carbocycles. The Hall–Kier alpha value is -1.95. The largest absolute Gasteiger partial charge is 0.264 e. The van der Waals surface area contributed by atoms with E-state index in [0.717, 1.165) is 5.56 Å². The van der Waals surface area contributed by atoms with Gasteiger partial charge in [-0.1, -0.05) is 32.9 Å². The van der Waals surface area contributed by atoms with Gasteiger partial charge in [0.2, 0.25) is 5.95 Å². The predicted molar refractivity (Wildman–Crippen MR) is 82.7 cm³/mol. The van der Waals surface area contributed by atoms with Crippen LogP contribution in [0.3, 0.4) is 0 Å². The van der Waals surface area contributed by atoms with Crippen LogP contribution in [0.15, 0.2) is 41.6 Å². The van der Waals surface area contributed by atoms with E-state index in [-0.39, 0.29) is 16.3 Å². The SMILES string of the molecule is Cc1cc(C(C)(C)C)ccc1S(=O)(=O)Nc1ncccn1. The highest BCUT2D eigenvalue weighted by atomic mass is 32.2. The van der Waals surface area contributed by atoms with Crippen LogP contribution in [0.4, 0.5) is 5.95 Å². The highest BCUT2D eigenvalue weighted by Crippen LogP contribution is 2.26. The molecular weight excluding hydrogens is 286 g/mol. The van der Waals surface area contributed by atoms with Crippen molar-refractivity contribution in [2.45, 2.75) is 38.0 Å². The number of aromatic nitrogens is 2. The molecule has 0 bridgehead atoms. The molecule has 0 radical (unpaired) electrons. The third kappa shape index (κ3) is 3.58. The van der Waals surface area contributed by atoms with Crippen LogP contribution < -0.4 is 4.72 Å². The maximum Gasteiger partial charge on any atom is 0.264 e. The average molecular weight is 305 g/mol. The first-order chi connectivity index (χ1) is 9.70. The number of nitrogens with zero attached hydrogens (tertiary/aromatic N) is 2. The Labute approximate surface area is 125 Å². The van der Waals surface area contributed by atoms with Crippen molar-refractivity contribution >= 4 is 16.0 Å². The normalized spacial score (nSPS) is 12.2. The van der Waals surface area contributed by atoms with Gasteiger partial charge < -0.3 is 0 Å². The molecule has 1 aromatic carbocycles.